The fourth-order valence-corrected chi connectivity index (χ4v) is 3.00. The van der Waals surface area contributed by atoms with Gasteiger partial charge in [-0.15, -0.1) is 0 Å². The Bertz CT molecular complexity index is 681. The minimum atomic E-state index is 0.501. The Balaban J connectivity index is 1.95. The molecule has 4 nitrogen and oxygen atoms in total. The third-order valence-electron chi connectivity index (χ3n) is 4.42. The number of para-hydroxylation sites is 1. The monoisotopic (exact) mass is 280 g/mol. The van der Waals surface area contributed by atoms with E-state index in [0.717, 1.165) is 42.7 Å². The number of pyridine rings is 1. The lowest BCUT2D eigenvalue weighted by molar-refractivity contribution is 0.252. The maximum Gasteiger partial charge on any atom is 0.130 e. The highest BCUT2D eigenvalue weighted by Crippen LogP contribution is 2.25. The molecule has 0 spiro atoms. The van der Waals surface area contributed by atoms with Gasteiger partial charge in [0.25, 0.3) is 0 Å². The van der Waals surface area contributed by atoms with Crippen LogP contribution in [-0.4, -0.2) is 43.1 Å². The number of aromatic nitrogens is 1. The van der Waals surface area contributed by atoms with E-state index in [1.54, 1.807) is 0 Å². The summed E-state index contributed by atoms with van der Waals surface area (Å²) in [6.07, 6.45) is 2.28. The van der Waals surface area contributed by atoms with E-state index in [2.05, 4.69) is 30.0 Å². The van der Waals surface area contributed by atoms with Crippen molar-refractivity contribution in [3.8, 4) is 6.07 Å². The summed E-state index contributed by atoms with van der Waals surface area (Å²) >= 11 is 0. The van der Waals surface area contributed by atoms with Crippen molar-refractivity contribution in [2.75, 3.05) is 32.1 Å². The van der Waals surface area contributed by atoms with Gasteiger partial charge in [-0.05, 0) is 45.1 Å². The first-order chi connectivity index (χ1) is 10.2. The van der Waals surface area contributed by atoms with Gasteiger partial charge in [0.15, 0.2) is 0 Å². The zero-order valence-electron chi connectivity index (χ0n) is 12.6. The molecular formula is C17H20N4. The Morgan fingerprint density at radius 2 is 2.00 bits per heavy atom. The third kappa shape index (κ3) is 2.70. The molecule has 2 aromatic rings. The minimum Gasteiger partial charge on any atom is -0.357 e. The molecule has 1 aliphatic heterocycles. The first-order valence-electron chi connectivity index (χ1n) is 7.40. The van der Waals surface area contributed by atoms with Gasteiger partial charge in [-0.2, -0.15) is 5.26 Å². The summed E-state index contributed by atoms with van der Waals surface area (Å²) in [6.45, 7) is 2.24. The van der Waals surface area contributed by atoms with E-state index in [9.17, 15) is 5.26 Å². The van der Waals surface area contributed by atoms with Crippen LogP contribution in [0.1, 0.15) is 18.4 Å². The molecule has 4 heteroatoms. The summed E-state index contributed by atoms with van der Waals surface area (Å²) < 4.78 is 0. The predicted molar refractivity (Wildman–Crippen MR) is 85.4 cm³/mol. The molecule has 1 fully saturated rings. The third-order valence-corrected chi connectivity index (χ3v) is 4.42. The van der Waals surface area contributed by atoms with Crippen molar-refractivity contribution in [3.63, 3.8) is 0 Å². The Morgan fingerprint density at radius 1 is 1.29 bits per heavy atom. The van der Waals surface area contributed by atoms with E-state index < -0.39 is 0 Å². The molecule has 21 heavy (non-hydrogen) atoms. The molecule has 0 atom stereocenters. The lowest BCUT2D eigenvalue weighted by Crippen LogP contribution is -2.42. The number of anilines is 1. The molecule has 0 N–H and O–H groups in total. The second-order valence-electron chi connectivity index (χ2n) is 5.80. The molecule has 2 heterocycles. The molecule has 0 bridgehead atoms. The molecule has 0 unspecified atom stereocenters. The van der Waals surface area contributed by atoms with Crippen LogP contribution < -0.4 is 4.90 Å². The van der Waals surface area contributed by atoms with E-state index in [4.69, 9.17) is 4.98 Å². The molecular weight excluding hydrogens is 260 g/mol. The van der Waals surface area contributed by atoms with Crippen LogP contribution in [0.25, 0.3) is 10.9 Å². The number of benzene rings is 1. The lowest BCUT2D eigenvalue weighted by Gasteiger charge is -2.35. The average molecular weight is 280 g/mol. The van der Waals surface area contributed by atoms with Gasteiger partial charge in [-0.3, -0.25) is 0 Å². The standard InChI is InChI=1S/C17H20N4/c1-20-9-7-14(8-10-20)21(2)17-11-13(12-18)15-5-3-4-6-16(15)19-17/h3-6,11,14H,7-10H2,1-2H3. The number of piperidine rings is 1. The number of hydrogen-bond acceptors (Lipinski definition) is 4. The summed E-state index contributed by atoms with van der Waals surface area (Å²) in [5.74, 6) is 0.903. The number of hydrogen-bond donors (Lipinski definition) is 0. The van der Waals surface area contributed by atoms with Gasteiger partial charge >= 0.3 is 0 Å². The first-order valence-corrected chi connectivity index (χ1v) is 7.40. The summed E-state index contributed by atoms with van der Waals surface area (Å²) in [5.41, 5.74) is 1.60. The Hall–Kier alpha value is -2.12. The summed E-state index contributed by atoms with van der Waals surface area (Å²) in [6, 6.07) is 12.6. The summed E-state index contributed by atoms with van der Waals surface area (Å²) in [7, 11) is 4.26. The van der Waals surface area contributed by atoms with Gasteiger partial charge in [-0.25, -0.2) is 4.98 Å². The molecule has 1 aliphatic rings. The van der Waals surface area contributed by atoms with Gasteiger partial charge < -0.3 is 9.80 Å². The van der Waals surface area contributed by atoms with Crippen molar-refractivity contribution < 1.29 is 0 Å². The fourth-order valence-electron chi connectivity index (χ4n) is 3.00. The summed E-state index contributed by atoms with van der Waals surface area (Å²) in [4.78, 5) is 9.34. The normalized spacial score (nSPS) is 16.8. The second-order valence-corrected chi connectivity index (χ2v) is 5.80. The van der Waals surface area contributed by atoms with Crippen LogP contribution in [0.3, 0.4) is 0 Å². The molecule has 1 saturated heterocycles. The van der Waals surface area contributed by atoms with E-state index in [-0.39, 0.29) is 0 Å². The Morgan fingerprint density at radius 3 is 2.71 bits per heavy atom. The molecule has 0 amide bonds. The zero-order valence-corrected chi connectivity index (χ0v) is 12.6. The first kappa shape index (κ1) is 13.8. The maximum absolute atomic E-state index is 9.38. The van der Waals surface area contributed by atoms with E-state index in [1.807, 2.05) is 30.3 Å². The van der Waals surface area contributed by atoms with Gasteiger partial charge in [0, 0.05) is 18.5 Å². The van der Waals surface area contributed by atoms with Gasteiger partial charge in [0.1, 0.15) is 5.82 Å². The molecule has 1 aromatic carbocycles. The van der Waals surface area contributed by atoms with Gasteiger partial charge in [0.2, 0.25) is 0 Å². The van der Waals surface area contributed by atoms with E-state index in [0.29, 0.717) is 11.6 Å². The van der Waals surface area contributed by atoms with E-state index in [1.165, 1.54) is 0 Å². The van der Waals surface area contributed by atoms with Gasteiger partial charge in [-0.1, -0.05) is 18.2 Å². The SMILES string of the molecule is CN1CCC(N(C)c2cc(C#N)c3ccccc3n2)CC1. The van der Waals surface area contributed by atoms with Crippen molar-refractivity contribution in [1.29, 1.82) is 5.26 Å². The fraction of sp³-hybridized carbons (Fsp3) is 0.412. The quantitative estimate of drug-likeness (QED) is 0.848. The molecule has 0 aliphatic carbocycles. The second kappa shape index (κ2) is 5.71. The number of likely N-dealkylation sites (tertiary alicyclic amines) is 1. The van der Waals surface area contributed by atoms with Crippen LogP contribution in [-0.2, 0) is 0 Å². The van der Waals surface area contributed by atoms with Crippen LogP contribution >= 0.6 is 0 Å². The number of nitriles is 1. The largest absolute Gasteiger partial charge is 0.357 e. The van der Waals surface area contributed by atoms with Crippen LogP contribution in [0, 0.1) is 11.3 Å². The van der Waals surface area contributed by atoms with Crippen LogP contribution in [0.2, 0.25) is 0 Å². The number of fused-ring (bicyclic) bond motifs is 1. The number of nitrogens with zero attached hydrogens (tertiary/aromatic N) is 4. The molecule has 0 radical (unpaired) electrons. The smallest absolute Gasteiger partial charge is 0.130 e. The Kier molecular flexibility index (Phi) is 3.76. The van der Waals surface area contributed by atoms with E-state index >= 15 is 0 Å². The number of rotatable bonds is 2. The Labute approximate surface area is 125 Å². The molecule has 108 valence electrons. The highest BCUT2D eigenvalue weighted by molar-refractivity contribution is 5.86. The maximum atomic E-state index is 9.38. The van der Waals surface area contributed by atoms with Crippen molar-refractivity contribution in [3.05, 3.63) is 35.9 Å². The van der Waals surface area contributed by atoms with Crippen LogP contribution in [0.15, 0.2) is 30.3 Å². The zero-order chi connectivity index (χ0) is 14.8. The van der Waals surface area contributed by atoms with Gasteiger partial charge in [0.05, 0.1) is 17.1 Å². The highest BCUT2D eigenvalue weighted by atomic mass is 15.2. The minimum absolute atomic E-state index is 0.501. The van der Waals surface area contributed by atoms with Crippen molar-refractivity contribution in [2.45, 2.75) is 18.9 Å². The topological polar surface area (TPSA) is 43.2 Å². The van der Waals surface area contributed by atoms with Crippen molar-refractivity contribution >= 4 is 16.7 Å². The predicted octanol–water partition coefficient (Wildman–Crippen LogP) is 2.64. The highest BCUT2D eigenvalue weighted by Gasteiger charge is 2.22. The molecule has 0 saturated carbocycles. The van der Waals surface area contributed by atoms with Crippen LogP contribution in [0.5, 0.6) is 0 Å². The van der Waals surface area contributed by atoms with Crippen molar-refractivity contribution in [2.24, 2.45) is 0 Å². The lowest BCUT2D eigenvalue weighted by atomic mass is 10.0. The molecule has 3 rings (SSSR count). The average Bonchev–Trinajstić information content (AvgIpc) is 2.53. The van der Waals surface area contributed by atoms with Crippen LogP contribution in [0.4, 0.5) is 5.82 Å². The summed E-state index contributed by atoms with van der Waals surface area (Å²) in [5, 5.41) is 10.3. The van der Waals surface area contributed by atoms with Crippen molar-refractivity contribution in [1.82, 2.24) is 9.88 Å². The molecule has 1 aromatic heterocycles.